The molecule has 164 valence electrons. The van der Waals surface area contributed by atoms with E-state index in [0.717, 1.165) is 12.1 Å². The molecule has 0 bridgehead atoms. The van der Waals surface area contributed by atoms with Gasteiger partial charge in [0.05, 0.1) is 23.1 Å². The van der Waals surface area contributed by atoms with Gasteiger partial charge in [-0.05, 0) is 19.1 Å². The predicted molar refractivity (Wildman–Crippen MR) is 106 cm³/mol. The molecule has 10 nitrogen and oxygen atoms in total. The molecule has 4 rings (SSSR count). The molecule has 0 radical (unpaired) electrons. The quantitative estimate of drug-likeness (QED) is 0.237. The minimum Gasteiger partial charge on any atom is -0.508 e. The second-order valence-electron chi connectivity index (χ2n) is 7.32. The Hall–Kier alpha value is -3.31. The number of hydrogen-bond acceptors (Lipinski definition) is 9. The van der Waals surface area contributed by atoms with E-state index in [1.54, 1.807) is 6.07 Å². The lowest BCUT2D eigenvalue weighted by atomic mass is 10.00. The molecular formula is C21H21O10+. The maximum atomic E-state index is 10.3. The summed E-state index contributed by atoms with van der Waals surface area (Å²) in [6.07, 6.45) is -6.65. The van der Waals surface area contributed by atoms with E-state index in [1.807, 2.05) is 0 Å². The summed E-state index contributed by atoms with van der Waals surface area (Å²) in [7, 11) is 0. The smallest absolute Gasteiger partial charge is 0.402 e. The number of phenolic OH excluding ortho intramolecular Hbond substituents is 4. The van der Waals surface area contributed by atoms with Crippen molar-refractivity contribution >= 4 is 11.0 Å². The molecule has 31 heavy (non-hydrogen) atoms. The maximum absolute atomic E-state index is 10.3. The van der Waals surface area contributed by atoms with Gasteiger partial charge in [-0.3, -0.25) is 0 Å². The number of aliphatic hydroxyl groups excluding tert-OH is 3. The Morgan fingerprint density at radius 2 is 1.55 bits per heavy atom. The standard InChI is InChI=1S/C21H20O10/c1-8-16(25)18(27)19(28)21(29-8)31-15-6-9-2-3-11(22)7-14(9)30-20(15)10-4-12(23)17(26)13(24)5-10/h2-8,16,18-19,21,25,27-28H,1H3,(H3-,22,23,24,26)/p+1/t8-,16-,18+,19+,21-/m0/s1. The second-order valence-corrected chi connectivity index (χ2v) is 7.32. The maximum Gasteiger partial charge on any atom is 0.402 e. The van der Waals surface area contributed by atoms with Crippen molar-refractivity contribution < 1.29 is 49.6 Å². The van der Waals surface area contributed by atoms with Gasteiger partial charge in [0.1, 0.15) is 24.1 Å². The topological polar surface area (TPSA) is 171 Å². The van der Waals surface area contributed by atoms with Crippen molar-refractivity contribution in [3.8, 4) is 40.1 Å². The predicted octanol–water partition coefficient (Wildman–Crippen LogP) is 1.41. The summed E-state index contributed by atoms with van der Waals surface area (Å²) >= 11 is 0. The van der Waals surface area contributed by atoms with Crippen LogP contribution in [0.3, 0.4) is 0 Å². The first-order valence-corrected chi connectivity index (χ1v) is 9.37. The fourth-order valence-corrected chi connectivity index (χ4v) is 3.36. The van der Waals surface area contributed by atoms with Crippen LogP contribution in [0.2, 0.25) is 0 Å². The zero-order valence-electron chi connectivity index (χ0n) is 16.2. The largest absolute Gasteiger partial charge is 0.508 e. The van der Waals surface area contributed by atoms with Crippen LogP contribution in [0.5, 0.6) is 28.7 Å². The van der Waals surface area contributed by atoms with Gasteiger partial charge in [-0.1, -0.05) is 0 Å². The highest BCUT2D eigenvalue weighted by atomic mass is 16.7. The van der Waals surface area contributed by atoms with Crippen molar-refractivity contribution in [1.29, 1.82) is 0 Å². The van der Waals surface area contributed by atoms with E-state index in [9.17, 15) is 35.7 Å². The number of aromatic hydroxyl groups is 4. The van der Waals surface area contributed by atoms with Gasteiger partial charge in [0.2, 0.25) is 12.0 Å². The lowest BCUT2D eigenvalue weighted by Crippen LogP contribution is -2.58. The average molecular weight is 433 g/mol. The van der Waals surface area contributed by atoms with E-state index >= 15 is 0 Å². The van der Waals surface area contributed by atoms with Gasteiger partial charge in [-0.2, -0.15) is 0 Å². The van der Waals surface area contributed by atoms with Crippen LogP contribution in [-0.4, -0.2) is 66.5 Å². The first-order valence-electron chi connectivity index (χ1n) is 9.37. The van der Waals surface area contributed by atoms with Crippen LogP contribution in [-0.2, 0) is 4.74 Å². The van der Waals surface area contributed by atoms with E-state index < -0.39 is 48.0 Å². The highest BCUT2D eigenvalue weighted by molar-refractivity contribution is 5.84. The zero-order valence-corrected chi connectivity index (χ0v) is 16.2. The summed E-state index contributed by atoms with van der Waals surface area (Å²) in [6.45, 7) is 1.50. The van der Waals surface area contributed by atoms with Crippen molar-refractivity contribution in [2.45, 2.75) is 37.6 Å². The van der Waals surface area contributed by atoms with E-state index in [1.165, 1.54) is 25.1 Å². The fraction of sp³-hybridized carbons (Fsp3) is 0.286. The Morgan fingerprint density at radius 1 is 0.871 bits per heavy atom. The molecule has 1 aromatic heterocycles. The van der Waals surface area contributed by atoms with Crippen LogP contribution in [0.1, 0.15) is 6.92 Å². The molecule has 5 atom stereocenters. The minimum atomic E-state index is -1.59. The summed E-state index contributed by atoms with van der Waals surface area (Å²) < 4.78 is 17.1. The van der Waals surface area contributed by atoms with Crippen LogP contribution < -0.4 is 4.74 Å². The average Bonchev–Trinajstić information content (AvgIpc) is 2.73. The SMILES string of the molecule is C[C@@H]1O[C@@H](Oc2cc3ccc(O)cc3[o+]c2-c2cc(O)c(O)c(O)c2)[C@H](O)[C@H](O)[C@H]1O. The molecule has 1 aliphatic rings. The summed E-state index contributed by atoms with van der Waals surface area (Å²) in [5.74, 6) is -2.05. The van der Waals surface area contributed by atoms with Gasteiger partial charge in [0, 0.05) is 18.2 Å². The molecule has 1 saturated heterocycles. The molecule has 7 N–H and O–H groups in total. The molecule has 0 spiro atoms. The highest BCUT2D eigenvalue weighted by Crippen LogP contribution is 2.43. The monoisotopic (exact) mass is 433 g/mol. The van der Waals surface area contributed by atoms with E-state index in [0.29, 0.717) is 5.39 Å². The minimum absolute atomic E-state index is 0.00233. The first-order chi connectivity index (χ1) is 14.7. The zero-order chi connectivity index (χ0) is 22.4. The molecule has 3 aromatic rings. The van der Waals surface area contributed by atoms with Crippen molar-refractivity contribution in [2.24, 2.45) is 0 Å². The number of phenols is 4. The molecule has 0 unspecified atom stereocenters. The van der Waals surface area contributed by atoms with Crippen LogP contribution in [0.4, 0.5) is 0 Å². The van der Waals surface area contributed by atoms with Crippen molar-refractivity contribution in [3.63, 3.8) is 0 Å². The number of fused-ring (bicyclic) bond motifs is 1. The van der Waals surface area contributed by atoms with Gasteiger partial charge in [-0.15, -0.1) is 0 Å². The third-order valence-corrected chi connectivity index (χ3v) is 5.10. The number of rotatable bonds is 3. The Bertz CT molecular complexity index is 1110. The number of benzene rings is 2. The summed E-state index contributed by atoms with van der Waals surface area (Å²) in [5, 5.41) is 69.9. The normalized spacial score (nSPS) is 26.1. The number of hydrogen-bond donors (Lipinski definition) is 7. The number of aliphatic hydroxyl groups is 3. The third kappa shape index (κ3) is 3.77. The Labute approximate surface area is 175 Å². The van der Waals surface area contributed by atoms with Crippen LogP contribution in [0.15, 0.2) is 40.8 Å². The summed E-state index contributed by atoms with van der Waals surface area (Å²) in [4.78, 5) is 0. The first kappa shape index (κ1) is 20.9. The summed E-state index contributed by atoms with van der Waals surface area (Å²) in [6, 6.07) is 8.07. The van der Waals surface area contributed by atoms with Gasteiger partial charge in [0.25, 0.3) is 0 Å². The molecule has 0 saturated carbocycles. The molecular weight excluding hydrogens is 412 g/mol. The van der Waals surface area contributed by atoms with Gasteiger partial charge in [0.15, 0.2) is 17.2 Å². The van der Waals surface area contributed by atoms with Gasteiger partial charge < -0.3 is 45.2 Å². The van der Waals surface area contributed by atoms with Gasteiger partial charge >= 0.3 is 11.3 Å². The van der Waals surface area contributed by atoms with Crippen molar-refractivity contribution in [1.82, 2.24) is 0 Å². The van der Waals surface area contributed by atoms with Gasteiger partial charge in [-0.25, -0.2) is 4.42 Å². The molecule has 0 amide bonds. The Balaban J connectivity index is 1.84. The molecule has 1 fully saturated rings. The summed E-state index contributed by atoms with van der Waals surface area (Å²) in [5.41, 5.74) is 0.343. The molecule has 2 aromatic carbocycles. The van der Waals surface area contributed by atoms with E-state index in [-0.39, 0.29) is 28.4 Å². The third-order valence-electron chi connectivity index (χ3n) is 5.10. The molecule has 10 heteroatoms. The van der Waals surface area contributed by atoms with E-state index in [2.05, 4.69) is 0 Å². The van der Waals surface area contributed by atoms with Crippen LogP contribution in [0.25, 0.3) is 22.3 Å². The Kier molecular flexibility index (Phi) is 5.23. The lowest BCUT2D eigenvalue weighted by molar-refractivity contribution is -0.268. The highest BCUT2D eigenvalue weighted by Gasteiger charge is 2.44. The van der Waals surface area contributed by atoms with Crippen LogP contribution in [0, 0.1) is 0 Å². The Morgan fingerprint density at radius 3 is 2.23 bits per heavy atom. The number of ether oxygens (including phenoxy) is 2. The second kappa shape index (κ2) is 7.75. The van der Waals surface area contributed by atoms with Crippen molar-refractivity contribution in [2.75, 3.05) is 0 Å². The molecule has 2 heterocycles. The fourth-order valence-electron chi connectivity index (χ4n) is 3.36. The molecule has 1 aliphatic heterocycles. The molecule has 0 aliphatic carbocycles. The lowest BCUT2D eigenvalue weighted by Gasteiger charge is -2.38. The van der Waals surface area contributed by atoms with Crippen LogP contribution >= 0.6 is 0 Å². The van der Waals surface area contributed by atoms with Crippen molar-refractivity contribution in [3.05, 3.63) is 36.4 Å². The van der Waals surface area contributed by atoms with E-state index in [4.69, 9.17) is 13.9 Å².